The van der Waals surface area contributed by atoms with E-state index in [2.05, 4.69) is 19.0 Å². The Morgan fingerprint density at radius 3 is 2.06 bits per heavy atom. The van der Waals surface area contributed by atoms with Gasteiger partial charge in [0, 0.05) is 5.56 Å². The molecule has 0 spiro atoms. The van der Waals surface area contributed by atoms with Crippen LogP contribution in [0.3, 0.4) is 0 Å². The summed E-state index contributed by atoms with van der Waals surface area (Å²) in [4.78, 5) is 10.5. The molecule has 16 heavy (non-hydrogen) atoms. The Hall–Kier alpha value is -1.20. The Bertz CT molecular complexity index is 406. The van der Waals surface area contributed by atoms with Crippen molar-refractivity contribution in [3.05, 3.63) is 34.9 Å². The predicted octanol–water partition coefficient (Wildman–Crippen LogP) is 1.10. The second-order valence-electron chi connectivity index (χ2n) is 3.14. The van der Waals surface area contributed by atoms with Gasteiger partial charge < -0.3 is 0 Å². The molecule has 0 aliphatic heterocycles. The van der Waals surface area contributed by atoms with E-state index < -0.39 is 10.9 Å². The third kappa shape index (κ3) is 5.63. The monoisotopic (exact) mass is 243 g/mol. The van der Waals surface area contributed by atoms with Crippen molar-refractivity contribution in [2.45, 2.75) is 26.7 Å². The molecule has 0 heterocycles. The van der Waals surface area contributed by atoms with Gasteiger partial charge in [-0.05, 0) is 30.0 Å². The summed E-state index contributed by atoms with van der Waals surface area (Å²) in [5.41, 5.74) is 3.43. The Morgan fingerprint density at radius 2 is 1.69 bits per heavy atom. The summed E-state index contributed by atoms with van der Waals surface area (Å²) in [6.45, 7) is 4.25. The predicted molar refractivity (Wildman–Crippen MR) is 65.1 cm³/mol. The maximum atomic E-state index is 10.5. The first kappa shape index (κ1) is 14.8. The lowest BCUT2D eigenvalue weighted by molar-refractivity contribution is 0.112. The normalized spacial score (nSPS) is 9.50. The number of carbonyl (C=O) groups excluding carboxylic acids is 1. The van der Waals surface area contributed by atoms with E-state index in [4.69, 9.17) is 8.42 Å². The molecule has 0 aliphatic rings. The fourth-order valence-electron chi connectivity index (χ4n) is 1.39. The van der Waals surface area contributed by atoms with E-state index in [9.17, 15) is 4.79 Å². The van der Waals surface area contributed by atoms with E-state index >= 15 is 0 Å². The molecular formula is C11H17NO3S. The van der Waals surface area contributed by atoms with E-state index in [0.29, 0.717) is 0 Å². The van der Waals surface area contributed by atoms with Crippen molar-refractivity contribution in [1.82, 2.24) is 0 Å². The van der Waals surface area contributed by atoms with Crippen LogP contribution in [-0.2, 0) is 23.7 Å². The number of aldehydes is 1. The fraction of sp³-hybridized carbons (Fsp3) is 0.364. The van der Waals surface area contributed by atoms with Crippen LogP contribution in [0.5, 0.6) is 0 Å². The van der Waals surface area contributed by atoms with Gasteiger partial charge in [-0.3, -0.25) is 4.79 Å². The molecule has 4 nitrogen and oxygen atoms in total. The van der Waals surface area contributed by atoms with Gasteiger partial charge in [-0.15, -0.1) is 0 Å². The molecule has 1 aromatic rings. The minimum absolute atomic E-state index is 0.782. The number of thiol groups is 1. The summed E-state index contributed by atoms with van der Waals surface area (Å²) in [6.07, 6.45) is 2.95. The SMILES string of the molecule is CCc1ccc(C=O)cc1CC.N[SH](=O)=O. The third-order valence-corrected chi connectivity index (χ3v) is 2.13. The molecule has 0 bridgehead atoms. The Morgan fingerprint density at radius 1 is 1.19 bits per heavy atom. The molecule has 1 aromatic carbocycles. The highest BCUT2D eigenvalue weighted by atomic mass is 32.2. The number of hydrogen-bond acceptors (Lipinski definition) is 3. The van der Waals surface area contributed by atoms with Gasteiger partial charge in [0.05, 0.1) is 0 Å². The summed E-state index contributed by atoms with van der Waals surface area (Å²) < 4.78 is 17.6. The van der Waals surface area contributed by atoms with E-state index in [-0.39, 0.29) is 0 Å². The number of nitrogens with two attached hydrogens (primary N) is 1. The van der Waals surface area contributed by atoms with Crippen LogP contribution in [0.2, 0.25) is 0 Å². The smallest absolute Gasteiger partial charge is 0.198 e. The molecule has 2 N–H and O–H groups in total. The maximum absolute atomic E-state index is 10.5. The van der Waals surface area contributed by atoms with Crippen molar-refractivity contribution in [3.8, 4) is 0 Å². The van der Waals surface area contributed by atoms with E-state index in [1.54, 1.807) is 0 Å². The standard InChI is InChI=1S/C11H14O.H3NO2S/c1-3-10-6-5-9(8-12)7-11(10)4-2;1-4(2)3/h5-8H,3-4H2,1-2H3;4H,(H2,1,2,3). The summed E-state index contributed by atoms with van der Waals surface area (Å²) >= 11 is 0. The first-order valence-electron chi connectivity index (χ1n) is 5.01. The van der Waals surface area contributed by atoms with Gasteiger partial charge in [0.15, 0.2) is 10.9 Å². The summed E-state index contributed by atoms with van der Waals surface area (Å²) in [7, 11) is -2.62. The molecule has 0 saturated heterocycles. The molecule has 0 aliphatic carbocycles. The van der Waals surface area contributed by atoms with Crippen molar-refractivity contribution in [2.75, 3.05) is 0 Å². The summed E-state index contributed by atoms with van der Waals surface area (Å²) in [5.74, 6) is 0. The van der Waals surface area contributed by atoms with Gasteiger partial charge in [0.1, 0.15) is 6.29 Å². The van der Waals surface area contributed by atoms with Crippen LogP contribution in [0.15, 0.2) is 18.2 Å². The number of aryl methyl sites for hydroxylation is 2. The van der Waals surface area contributed by atoms with E-state index in [0.717, 1.165) is 24.7 Å². The lowest BCUT2D eigenvalue weighted by Crippen LogP contribution is -1.92. The Balaban J connectivity index is 0.000000487. The van der Waals surface area contributed by atoms with Crippen molar-refractivity contribution < 1.29 is 13.2 Å². The second kappa shape index (κ2) is 8.01. The van der Waals surface area contributed by atoms with Gasteiger partial charge in [0.25, 0.3) is 0 Å². The zero-order valence-electron chi connectivity index (χ0n) is 9.47. The third-order valence-electron chi connectivity index (χ3n) is 2.13. The zero-order chi connectivity index (χ0) is 12.6. The van der Waals surface area contributed by atoms with Crippen LogP contribution >= 0.6 is 0 Å². The number of rotatable bonds is 3. The van der Waals surface area contributed by atoms with Gasteiger partial charge in [-0.25, -0.2) is 13.6 Å². The first-order chi connectivity index (χ1) is 7.54. The van der Waals surface area contributed by atoms with Gasteiger partial charge >= 0.3 is 0 Å². The number of benzene rings is 1. The fourth-order valence-corrected chi connectivity index (χ4v) is 1.39. The molecular weight excluding hydrogens is 226 g/mol. The minimum atomic E-state index is -2.62. The average Bonchev–Trinajstić information content (AvgIpc) is 2.27. The average molecular weight is 243 g/mol. The van der Waals surface area contributed by atoms with Crippen LogP contribution in [0, 0.1) is 0 Å². The van der Waals surface area contributed by atoms with Crippen LogP contribution in [0.25, 0.3) is 0 Å². The van der Waals surface area contributed by atoms with Gasteiger partial charge in [-0.1, -0.05) is 26.0 Å². The number of hydrogen-bond donors (Lipinski definition) is 2. The highest BCUT2D eigenvalue weighted by molar-refractivity contribution is 7.69. The minimum Gasteiger partial charge on any atom is -0.298 e. The van der Waals surface area contributed by atoms with Crippen molar-refractivity contribution in [2.24, 2.45) is 5.14 Å². The lowest BCUT2D eigenvalue weighted by atomic mass is 10.0. The van der Waals surface area contributed by atoms with Crippen LogP contribution in [-0.4, -0.2) is 14.7 Å². The molecule has 0 fully saturated rings. The molecule has 5 heteroatoms. The van der Waals surface area contributed by atoms with Crippen molar-refractivity contribution in [1.29, 1.82) is 0 Å². The Labute approximate surface area is 97.6 Å². The number of carbonyl (C=O) groups is 1. The molecule has 0 radical (unpaired) electrons. The van der Waals surface area contributed by atoms with Gasteiger partial charge in [-0.2, -0.15) is 0 Å². The molecule has 0 atom stereocenters. The molecule has 1 rings (SSSR count). The van der Waals surface area contributed by atoms with Crippen LogP contribution in [0.1, 0.15) is 35.3 Å². The second-order valence-corrected chi connectivity index (χ2v) is 3.71. The highest BCUT2D eigenvalue weighted by Crippen LogP contribution is 2.12. The summed E-state index contributed by atoms with van der Waals surface area (Å²) in [6, 6.07) is 5.90. The molecule has 0 aromatic heterocycles. The molecule has 0 amide bonds. The van der Waals surface area contributed by atoms with Crippen LogP contribution < -0.4 is 5.14 Å². The van der Waals surface area contributed by atoms with Crippen LogP contribution in [0.4, 0.5) is 0 Å². The van der Waals surface area contributed by atoms with Crippen molar-refractivity contribution in [3.63, 3.8) is 0 Å². The topological polar surface area (TPSA) is 77.2 Å². The van der Waals surface area contributed by atoms with E-state index in [1.165, 1.54) is 11.1 Å². The maximum Gasteiger partial charge on any atom is 0.198 e. The van der Waals surface area contributed by atoms with E-state index in [1.807, 2.05) is 18.2 Å². The van der Waals surface area contributed by atoms with Crippen molar-refractivity contribution >= 4 is 17.2 Å². The zero-order valence-corrected chi connectivity index (χ0v) is 10.4. The molecule has 0 unspecified atom stereocenters. The largest absolute Gasteiger partial charge is 0.298 e. The lowest BCUT2D eigenvalue weighted by Gasteiger charge is -2.04. The molecule has 90 valence electrons. The molecule has 0 saturated carbocycles. The highest BCUT2D eigenvalue weighted by Gasteiger charge is 1.99. The quantitative estimate of drug-likeness (QED) is 0.616. The Kier molecular flexibility index (Phi) is 7.41. The summed E-state index contributed by atoms with van der Waals surface area (Å²) in [5, 5.41) is 4.06. The van der Waals surface area contributed by atoms with Gasteiger partial charge in [0.2, 0.25) is 0 Å². The first-order valence-corrected chi connectivity index (χ1v) is 6.25.